The lowest BCUT2D eigenvalue weighted by atomic mass is 9.89. The van der Waals surface area contributed by atoms with Gasteiger partial charge in [-0.15, -0.1) is 0 Å². The van der Waals surface area contributed by atoms with Gasteiger partial charge in [-0.25, -0.2) is 13.2 Å². The van der Waals surface area contributed by atoms with Gasteiger partial charge < -0.3 is 0 Å². The molecule has 0 atom stereocenters. The summed E-state index contributed by atoms with van der Waals surface area (Å²) in [6.45, 7) is 2.45. The maximum atomic E-state index is 13.4. The highest BCUT2D eigenvalue weighted by Crippen LogP contribution is 2.38. The number of urea groups is 1. The van der Waals surface area contributed by atoms with Gasteiger partial charge in [0, 0.05) is 6.54 Å². The molecule has 0 unspecified atom stereocenters. The molecule has 0 bridgehead atoms. The Morgan fingerprint density at radius 3 is 2.48 bits per heavy atom. The second-order valence-electron chi connectivity index (χ2n) is 7.47. The van der Waals surface area contributed by atoms with Gasteiger partial charge in [-0.2, -0.15) is 4.31 Å². The lowest BCUT2D eigenvalue weighted by molar-refractivity contribution is 0.250. The maximum absolute atomic E-state index is 13.4. The van der Waals surface area contributed by atoms with Gasteiger partial charge in [-0.1, -0.05) is 43.5 Å². The summed E-state index contributed by atoms with van der Waals surface area (Å²) in [4.78, 5) is 15.2. The molecule has 2 amide bonds. The Labute approximate surface area is 160 Å². The van der Waals surface area contributed by atoms with E-state index in [2.05, 4.69) is 0 Å². The smallest absolute Gasteiger partial charge is 0.292 e. The fraction of sp³-hybridized carbons (Fsp3) is 0.381. The van der Waals surface area contributed by atoms with Gasteiger partial charge in [0.25, 0.3) is 10.0 Å². The van der Waals surface area contributed by atoms with E-state index < -0.39 is 16.1 Å². The summed E-state index contributed by atoms with van der Waals surface area (Å²) in [5, 5.41) is 0. The minimum absolute atomic E-state index is 0.196. The predicted molar refractivity (Wildman–Crippen MR) is 107 cm³/mol. The summed E-state index contributed by atoms with van der Waals surface area (Å²) >= 11 is 0. The van der Waals surface area contributed by atoms with Gasteiger partial charge >= 0.3 is 6.03 Å². The zero-order valence-corrected chi connectivity index (χ0v) is 16.3. The minimum atomic E-state index is -3.93. The first-order valence-corrected chi connectivity index (χ1v) is 10.9. The number of aryl methyl sites for hydroxylation is 1. The molecule has 0 spiro atoms. The summed E-state index contributed by atoms with van der Waals surface area (Å²) in [7, 11) is -3.93. The van der Waals surface area contributed by atoms with Gasteiger partial charge in [0.1, 0.15) is 4.90 Å². The van der Waals surface area contributed by atoms with Crippen molar-refractivity contribution in [2.45, 2.75) is 43.9 Å². The number of amides is 2. The average molecular weight is 385 g/mol. The molecule has 1 heterocycles. The number of anilines is 2. The van der Waals surface area contributed by atoms with E-state index in [9.17, 15) is 13.2 Å². The number of fused-ring (bicyclic) bond motifs is 1. The number of carbonyl (C=O) groups excluding carboxylic acids is 1. The first kappa shape index (κ1) is 18.0. The van der Waals surface area contributed by atoms with Crippen molar-refractivity contribution >= 4 is 27.4 Å². The zero-order valence-electron chi connectivity index (χ0n) is 15.5. The van der Waals surface area contributed by atoms with Crippen LogP contribution in [0.3, 0.4) is 0 Å². The Morgan fingerprint density at radius 2 is 1.74 bits per heavy atom. The second kappa shape index (κ2) is 7.00. The van der Waals surface area contributed by atoms with E-state index in [0.717, 1.165) is 22.7 Å². The quantitative estimate of drug-likeness (QED) is 0.770. The molecule has 6 heteroatoms. The van der Waals surface area contributed by atoms with E-state index in [-0.39, 0.29) is 4.90 Å². The van der Waals surface area contributed by atoms with Crippen molar-refractivity contribution in [1.82, 2.24) is 0 Å². The van der Waals surface area contributed by atoms with Gasteiger partial charge in [0.05, 0.1) is 11.4 Å². The van der Waals surface area contributed by atoms with E-state index in [1.807, 2.05) is 13.0 Å². The first-order valence-electron chi connectivity index (χ1n) is 9.51. The number of benzene rings is 2. The number of sulfonamides is 1. The van der Waals surface area contributed by atoms with Crippen molar-refractivity contribution in [3.05, 3.63) is 54.1 Å². The molecule has 2 aromatic carbocycles. The summed E-state index contributed by atoms with van der Waals surface area (Å²) in [6.07, 6.45) is 5.76. The van der Waals surface area contributed by atoms with Crippen LogP contribution in [0, 0.1) is 12.8 Å². The van der Waals surface area contributed by atoms with Crippen LogP contribution in [-0.4, -0.2) is 21.0 Å². The van der Waals surface area contributed by atoms with Crippen LogP contribution < -0.4 is 9.21 Å². The van der Waals surface area contributed by atoms with Gasteiger partial charge in [-0.3, -0.25) is 4.90 Å². The van der Waals surface area contributed by atoms with Crippen molar-refractivity contribution in [1.29, 1.82) is 0 Å². The Bertz CT molecular complexity index is 965. The number of hydrogen-bond donors (Lipinski definition) is 0. The van der Waals surface area contributed by atoms with Crippen LogP contribution in [0.4, 0.5) is 16.2 Å². The largest absolute Gasteiger partial charge is 0.343 e. The molecule has 2 aromatic rings. The van der Waals surface area contributed by atoms with E-state index >= 15 is 0 Å². The van der Waals surface area contributed by atoms with Crippen LogP contribution in [0.25, 0.3) is 0 Å². The summed E-state index contributed by atoms with van der Waals surface area (Å²) in [6, 6.07) is 13.4. The molecule has 1 aliphatic heterocycles. The summed E-state index contributed by atoms with van der Waals surface area (Å²) in [5.74, 6) is 0.413. The number of para-hydroxylation sites is 1. The van der Waals surface area contributed by atoms with Gasteiger partial charge in [-0.05, 0) is 55.5 Å². The normalized spacial score (nSPS) is 19.8. The van der Waals surface area contributed by atoms with Crippen molar-refractivity contribution in [2.24, 2.45) is 5.92 Å². The Morgan fingerprint density at radius 1 is 1.00 bits per heavy atom. The highest BCUT2D eigenvalue weighted by molar-refractivity contribution is 7.94. The topological polar surface area (TPSA) is 57.7 Å². The molecule has 1 fully saturated rings. The zero-order chi connectivity index (χ0) is 19.0. The fourth-order valence-corrected chi connectivity index (χ4v) is 5.71. The molecule has 0 N–H and O–H groups in total. The molecule has 0 aromatic heterocycles. The van der Waals surface area contributed by atoms with Crippen LogP contribution in [0.2, 0.25) is 0 Å². The number of rotatable bonds is 3. The molecule has 5 nitrogen and oxygen atoms in total. The van der Waals surface area contributed by atoms with E-state index in [1.165, 1.54) is 19.3 Å². The molecular weight excluding hydrogens is 360 g/mol. The molecule has 4 rings (SSSR count). The SMILES string of the molecule is Cc1cccc(N2C(=O)N(CC3CCCCC3)c3ccccc3S2(=O)=O)c1. The Kier molecular flexibility index (Phi) is 4.68. The number of hydrogen-bond acceptors (Lipinski definition) is 3. The highest BCUT2D eigenvalue weighted by Gasteiger charge is 2.43. The monoisotopic (exact) mass is 384 g/mol. The second-order valence-corrected chi connectivity index (χ2v) is 9.23. The molecule has 27 heavy (non-hydrogen) atoms. The first-order chi connectivity index (χ1) is 13.0. The highest BCUT2D eigenvalue weighted by atomic mass is 32.2. The lowest BCUT2D eigenvalue weighted by Crippen LogP contribution is -2.52. The molecule has 1 saturated carbocycles. The fourth-order valence-electron chi connectivity index (χ4n) is 4.12. The van der Waals surface area contributed by atoms with Crippen molar-refractivity contribution < 1.29 is 13.2 Å². The summed E-state index contributed by atoms with van der Waals surface area (Å²) < 4.78 is 27.4. The third-order valence-corrected chi connectivity index (χ3v) is 7.23. The maximum Gasteiger partial charge on any atom is 0.343 e. The van der Waals surface area contributed by atoms with Crippen molar-refractivity contribution in [2.75, 3.05) is 15.7 Å². The molecule has 2 aliphatic rings. The van der Waals surface area contributed by atoms with E-state index in [4.69, 9.17) is 0 Å². The molecule has 0 saturated heterocycles. The van der Waals surface area contributed by atoms with Crippen LogP contribution in [-0.2, 0) is 10.0 Å². The number of carbonyl (C=O) groups is 1. The van der Waals surface area contributed by atoms with Crippen molar-refractivity contribution in [3.8, 4) is 0 Å². The molecule has 142 valence electrons. The van der Waals surface area contributed by atoms with Crippen LogP contribution in [0.1, 0.15) is 37.7 Å². The van der Waals surface area contributed by atoms with Gasteiger partial charge in [0.15, 0.2) is 0 Å². The summed E-state index contributed by atoms with van der Waals surface area (Å²) in [5.41, 5.74) is 1.80. The standard InChI is InChI=1S/C21H24N2O3S/c1-16-8-7-11-18(14-16)23-21(24)22(15-17-9-3-2-4-10-17)19-12-5-6-13-20(19)27(23,25)26/h5-8,11-14,17H,2-4,9-10,15H2,1H3. The van der Waals surface area contributed by atoms with Gasteiger partial charge in [0.2, 0.25) is 0 Å². The van der Waals surface area contributed by atoms with E-state index in [1.54, 1.807) is 47.4 Å². The van der Waals surface area contributed by atoms with Crippen molar-refractivity contribution in [3.63, 3.8) is 0 Å². The van der Waals surface area contributed by atoms with E-state index in [0.29, 0.717) is 23.8 Å². The van der Waals surface area contributed by atoms with Crippen LogP contribution in [0.5, 0.6) is 0 Å². The van der Waals surface area contributed by atoms with Crippen LogP contribution in [0.15, 0.2) is 53.4 Å². The third-order valence-electron chi connectivity index (χ3n) is 5.48. The Balaban J connectivity index is 1.81. The van der Waals surface area contributed by atoms with Crippen LogP contribution >= 0.6 is 0 Å². The Hall–Kier alpha value is -2.34. The predicted octanol–water partition coefficient (Wildman–Crippen LogP) is 4.71. The minimum Gasteiger partial charge on any atom is -0.292 e. The molecule has 1 aliphatic carbocycles. The third kappa shape index (κ3) is 3.23. The molecule has 0 radical (unpaired) electrons. The number of nitrogens with zero attached hydrogens (tertiary/aromatic N) is 2. The lowest BCUT2D eigenvalue weighted by Gasteiger charge is -2.38. The molecular formula is C21H24N2O3S. The average Bonchev–Trinajstić information content (AvgIpc) is 2.66.